The van der Waals surface area contributed by atoms with Crippen LogP contribution in [-0.2, 0) is 17.6 Å². The molecule has 0 bridgehead atoms. The van der Waals surface area contributed by atoms with Crippen LogP contribution in [0.5, 0.6) is 0 Å². The Hall–Kier alpha value is -2.62. The number of hydrogen-bond acceptors (Lipinski definition) is 2. The largest absolute Gasteiger partial charge is 0.312 e. The number of nitrogens with zero attached hydrogens (tertiary/aromatic N) is 2. The number of carbonyl (C=O) groups excluding carboxylic acids is 2. The van der Waals surface area contributed by atoms with E-state index in [0.717, 1.165) is 61.3 Å². The lowest BCUT2D eigenvalue weighted by atomic mass is 10.1. The second-order valence-corrected chi connectivity index (χ2v) is 7.19. The van der Waals surface area contributed by atoms with Crippen LogP contribution in [0.25, 0.3) is 0 Å². The van der Waals surface area contributed by atoms with Gasteiger partial charge in [0.25, 0.3) is 5.91 Å². The molecule has 0 radical (unpaired) electrons. The molecular weight excluding hydrogens is 312 g/mol. The highest BCUT2D eigenvalue weighted by molar-refractivity contribution is 6.08. The van der Waals surface area contributed by atoms with Gasteiger partial charge in [0.05, 0.1) is 0 Å². The number of rotatable bonds is 2. The molecule has 126 valence electrons. The topological polar surface area (TPSA) is 40.6 Å². The van der Waals surface area contributed by atoms with E-state index in [1.165, 1.54) is 5.56 Å². The molecule has 4 heteroatoms. The Balaban J connectivity index is 1.43. The minimum atomic E-state index is 0.0553. The molecule has 2 aliphatic heterocycles. The van der Waals surface area contributed by atoms with E-state index in [2.05, 4.69) is 6.07 Å². The zero-order valence-corrected chi connectivity index (χ0v) is 14.1. The Labute approximate surface area is 147 Å². The van der Waals surface area contributed by atoms with Gasteiger partial charge >= 0.3 is 0 Å². The standard InChI is InChI=1S/C21H20N2O2/c24-20(15-5-6-15)23-12-10-16-13-17(7-8-19(16)23)21(25)22-11-9-14-3-1-2-4-18(14)22/h1-4,7-8,13,15H,5-6,9-12H2. The van der Waals surface area contributed by atoms with Gasteiger partial charge in [-0.15, -0.1) is 0 Å². The molecule has 0 aromatic heterocycles. The summed E-state index contributed by atoms with van der Waals surface area (Å²) in [6.07, 6.45) is 3.80. The van der Waals surface area contributed by atoms with Crippen molar-refractivity contribution in [3.63, 3.8) is 0 Å². The molecule has 0 atom stereocenters. The number of anilines is 2. The van der Waals surface area contributed by atoms with Crippen LogP contribution in [0, 0.1) is 5.92 Å². The highest BCUT2D eigenvalue weighted by Gasteiger charge is 2.36. The molecule has 1 saturated carbocycles. The molecule has 2 aromatic carbocycles. The van der Waals surface area contributed by atoms with E-state index in [4.69, 9.17) is 0 Å². The van der Waals surface area contributed by atoms with Crippen LogP contribution in [0.15, 0.2) is 42.5 Å². The smallest absolute Gasteiger partial charge is 0.258 e. The van der Waals surface area contributed by atoms with E-state index in [-0.39, 0.29) is 17.7 Å². The van der Waals surface area contributed by atoms with Gasteiger partial charge in [0.1, 0.15) is 0 Å². The first-order chi connectivity index (χ1) is 12.2. The van der Waals surface area contributed by atoms with Crippen LogP contribution in [0.4, 0.5) is 11.4 Å². The molecule has 2 aromatic rings. The molecule has 1 aliphatic carbocycles. The van der Waals surface area contributed by atoms with Crippen LogP contribution >= 0.6 is 0 Å². The van der Waals surface area contributed by atoms with Gasteiger partial charge in [-0.3, -0.25) is 9.59 Å². The van der Waals surface area contributed by atoms with E-state index >= 15 is 0 Å². The van der Waals surface area contributed by atoms with Gasteiger partial charge in [0, 0.05) is 35.9 Å². The van der Waals surface area contributed by atoms with Crippen molar-refractivity contribution >= 4 is 23.2 Å². The zero-order valence-electron chi connectivity index (χ0n) is 14.1. The molecule has 5 rings (SSSR count). The quantitative estimate of drug-likeness (QED) is 0.847. The summed E-state index contributed by atoms with van der Waals surface area (Å²) >= 11 is 0. The van der Waals surface area contributed by atoms with E-state index in [1.54, 1.807) is 0 Å². The normalized spacial score (nSPS) is 18.2. The van der Waals surface area contributed by atoms with E-state index in [0.29, 0.717) is 0 Å². The first-order valence-electron chi connectivity index (χ1n) is 9.06. The van der Waals surface area contributed by atoms with Crippen LogP contribution in [-0.4, -0.2) is 24.9 Å². The SMILES string of the molecule is O=C(c1ccc2c(c1)CCN2C(=O)C1CC1)N1CCc2ccccc21. The third kappa shape index (κ3) is 2.36. The van der Waals surface area contributed by atoms with Crippen molar-refractivity contribution in [3.05, 3.63) is 59.2 Å². The summed E-state index contributed by atoms with van der Waals surface area (Å²) in [6.45, 7) is 1.48. The monoisotopic (exact) mass is 332 g/mol. The average Bonchev–Trinajstić information content (AvgIpc) is 3.27. The van der Waals surface area contributed by atoms with Crippen molar-refractivity contribution in [3.8, 4) is 0 Å². The van der Waals surface area contributed by atoms with Crippen LogP contribution in [0.1, 0.15) is 34.3 Å². The Bertz CT molecular complexity index is 885. The highest BCUT2D eigenvalue weighted by Crippen LogP contribution is 2.37. The first kappa shape index (κ1) is 14.7. The molecule has 0 unspecified atom stereocenters. The Morgan fingerprint density at radius 3 is 2.40 bits per heavy atom. The number of fused-ring (bicyclic) bond motifs is 2. The Morgan fingerprint density at radius 1 is 0.840 bits per heavy atom. The summed E-state index contributed by atoms with van der Waals surface area (Å²) in [7, 11) is 0. The van der Waals surface area contributed by atoms with Crippen molar-refractivity contribution in [2.24, 2.45) is 5.92 Å². The van der Waals surface area contributed by atoms with E-state index in [9.17, 15) is 9.59 Å². The number of hydrogen-bond donors (Lipinski definition) is 0. The third-order valence-electron chi connectivity index (χ3n) is 5.55. The second-order valence-electron chi connectivity index (χ2n) is 7.19. The molecule has 0 saturated heterocycles. The number of benzene rings is 2. The van der Waals surface area contributed by atoms with Crippen molar-refractivity contribution in [2.75, 3.05) is 22.9 Å². The molecule has 3 aliphatic rings. The van der Waals surface area contributed by atoms with Gasteiger partial charge in [-0.25, -0.2) is 0 Å². The summed E-state index contributed by atoms with van der Waals surface area (Å²) in [4.78, 5) is 29.2. The maximum atomic E-state index is 13.0. The van der Waals surface area contributed by atoms with Gasteiger partial charge in [-0.05, 0) is 61.1 Å². The molecule has 0 spiro atoms. The van der Waals surface area contributed by atoms with Crippen molar-refractivity contribution < 1.29 is 9.59 Å². The molecule has 2 amide bonds. The van der Waals surface area contributed by atoms with Gasteiger partial charge in [0.15, 0.2) is 0 Å². The minimum absolute atomic E-state index is 0.0553. The summed E-state index contributed by atoms with van der Waals surface area (Å²) < 4.78 is 0. The summed E-state index contributed by atoms with van der Waals surface area (Å²) in [6, 6.07) is 13.9. The lowest BCUT2D eigenvalue weighted by Crippen LogP contribution is -2.30. The van der Waals surface area contributed by atoms with E-state index in [1.807, 2.05) is 46.2 Å². The molecular formula is C21H20N2O2. The van der Waals surface area contributed by atoms with Crippen molar-refractivity contribution in [2.45, 2.75) is 25.7 Å². The van der Waals surface area contributed by atoms with E-state index < -0.39 is 0 Å². The molecule has 25 heavy (non-hydrogen) atoms. The van der Waals surface area contributed by atoms with Gasteiger partial charge < -0.3 is 9.80 Å². The first-order valence-corrected chi connectivity index (χ1v) is 9.06. The minimum Gasteiger partial charge on any atom is -0.312 e. The maximum Gasteiger partial charge on any atom is 0.258 e. The lowest BCUT2D eigenvalue weighted by Gasteiger charge is -2.19. The summed E-state index contributed by atoms with van der Waals surface area (Å²) in [5.74, 6) is 0.541. The molecule has 0 N–H and O–H groups in total. The number of amides is 2. The fraction of sp³-hybridized carbons (Fsp3) is 0.333. The fourth-order valence-corrected chi connectivity index (χ4v) is 4.02. The van der Waals surface area contributed by atoms with Crippen molar-refractivity contribution in [1.29, 1.82) is 0 Å². The maximum absolute atomic E-state index is 13.0. The predicted octanol–water partition coefficient (Wildman–Crippen LogP) is 3.19. The van der Waals surface area contributed by atoms with Gasteiger partial charge in [0.2, 0.25) is 5.91 Å². The summed E-state index contributed by atoms with van der Waals surface area (Å²) in [5.41, 5.74) is 5.09. The van der Waals surface area contributed by atoms with Gasteiger partial charge in [-0.2, -0.15) is 0 Å². The number of carbonyl (C=O) groups is 2. The molecule has 4 nitrogen and oxygen atoms in total. The second kappa shape index (κ2) is 5.45. The Morgan fingerprint density at radius 2 is 1.56 bits per heavy atom. The zero-order chi connectivity index (χ0) is 17.0. The van der Waals surface area contributed by atoms with Crippen LogP contribution < -0.4 is 9.80 Å². The molecule has 1 fully saturated rings. The van der Waals surface area contributed by atoms with Crippen molar-refractivity contribution in [1.82, 2.24) is 0 Å². The third-order valence-corrected chi connectivity index (χ3v) is 5.55. The molecule has 2 heterocycles. The lowest BCUT2D eigenvalue weighted by molar-refractivity contribution is -0.119. The highest BCUT2D eigenvalue weighted by atomic mass is 16.2. The average molecular weight is 332 g/mol. The predicted molar refractivity (Wildman–Crippen MR) is 97.0 cm³/mol. The fourth-order valence-electron chi connectivity index (χ4n) is 4.02. The van der Waals surface area contributed by atoms with Crippen LogP contribution in [0.2, 0.25) is 0 Å². The summed E-state index contributed by atoms with van der Waals surface area (Å²) in [5, 5.41) is 0. The Kier molecular flexibility index (Phi) is 3.20. The van der Waals surface area contributed by atoms with Gasteiger partial charge in [-0.1, -0.05) is 18.2 Å². The number of para-hydroxylation sites is 1. The van der Waals surface area contributed by atoms with Crippen LogP contribution in [0.3, 0.4) is 0 Å².